The first kappa shape index (κ1) is 29.9. The van der Waals surface area contributed by atoms with Crippen molar-refractivity contribution in [3.8, 4) is 11.1 Å². The maximum absolute atomic E-state index is 2.53. The quantitative estimate of drug-likeness (QED) is 0.170. The topological polar surface area (TPSA) is 3.24 Å². The van der Waals surface area contributed by atoms with Crippen molar-refractivity contribution in [1.82, 2.24) is 0 Å². The summed E-state index contributed by atoms with van der Waals surface area (Å²) in [5, 5.41) is 2.63. The van der Waals surface area contributed by atoms with E-state index >= 15 is 0 Å². The van der Waals surface area contributed by atoms with Gasteiger partial charge >= 0.3 is 0 Å². The van der Waals surface area contributed by atoms with E-state index < -0.39 is 0 Å². The van der Waals surface area contributed by atoms with Crippen LogP contribution in [0, 0.1) is 5.92 Å². The Morgan fingerprint density at radius 1 is 0.490 bits per heavy atom. The maximum Gasteiger partial charge on any atom is 0.0540 e. The van der Waals surface area contributed by atoms with Gasteiger partial charge in [-0.05, 0) is 76.3 Å². The standard InChI is InChI=1S/C49H35NS/c1-4-17-34(18-5-1)49(43-27-13-10-23-38(43)39-24-11-14-28-44(39)49)35-31-32-46-42(33-35)48-41(26-16-30-47(48)51-46)40-25-12-15-29-45(40)50(36-19-6-2-7-20-36)37-21-8-3-9-22-37/h1-33,38,43H. The van der Waals surface area contributed by atoms with Crippen LogP contribution in [0.15, 0.2) is 200 Å². The number of nitrogens with zero attached hydrogens (tertiary/aromatic N) is 1. The lowest BCUT2D eigenvalue weighted by Crippen LogP contribution is -2.35. The van der Waals surface area contributed by atoms with Gasteiger partial charge in [0.1, 0.15) is 0 Å². The second-order valence-electron chi connectivity index (χ2n) is 13.6. The third-order valence-electron chi connectivity index (χ3n) is 11.0. The van der Waals surface area contributed by atoms with E-state index in [-0.39, 0.29) is 11.3 Å². The van der Waals surface area contributed by atoms with E-state index in [9.17, 15) is 0 Å². The highest BCUT2D eigenvalue weighted by atomic mass is 32.1. The minimum Gasteiger partial charge on any atom is -0.310 e. The fourth-order valence-corrected chi connectivity index (χ4v) is 10.1. The zero-order valence-electron chi connectivity index (χ0n) is 28.1. The molecule has 7 aromatic carbocycles. The predicted octanol–water partition coefficient (Wildman–Crippen LogP) is 13.4. The molecule has 3 atom stereocenters. The largest absolute Gasteiger partial charge is 0.310 e. The van der Waals surface area contributed by atoms with Crippen LogP contribution in [0.25, 0.3) is 31.3 Å². The smallest absolute Gasteiger partial charge is 0.0540 e. The van der Waals surface area contributed by atoms with Crippen LogP contribution >= 0.6 is 11.3 Å². The molecule has 0 saturated carbocycles. The Morgan fingerprint density at radius 2 is 1.14 bits per heavy atom. The lowest BCUT2D eigenvalue weighted by molar-refractivity contribution is 0.457. The number of fused-ring (bicyclic) bond motifs is 6. The van der Waals surface area contributed by atoms with Gasteiger partial charge in [0.15, 0.2) is 0 Å². The molecule has 2 aliphatic rings. The van der Waals surface area contributed by atoms with Crippen LogP contribution in [0.4, 0.5) is 17.1 Å². The van der Waals surface area contributed by atoms with Gasteiger partial charge < -0.3 is 4.90 Å². The van der Waals surface area contributed by atoms with E-state index in [1.165, 1.54) is 53.6 Å². The molecule has 8 aromatic rings. The van der Waals surface area contributed by atoms with Crippen molar-refractivity contribution >= 4 is 48.6 Å². The summed E-state index contributed by atoms with van der Waals surface area (Å²) >= 11 is 1.89. The van der Waals surface area contributed by atoms with Crippen molar-refractivity contribution in [2.75, 3.05) is 4.90 Å². The summed E-state index contributed by atoms with van der Waals surface area (Å²) in [5.41, 5.74) is 11.1. The number of hydrogen-bond acceptors (Lipinski definition) is 2. The molecule has 3 unspecified atom stereocenters. The summed E-state index contributed by atoms with van der Waals surface area (Å²) in [7, 11) is 0. The summed E-state index contributed by atoms with van der Waals surface area (Å²) in [6.45, 7) is 0. The molecule has 0 fully saturated rings. The molecule has 0 spiro atoms. The van der Waals surface area contributed by atoms with Crippen LogP contribution in [0.1, 0.15) is 28.2 Å². The number of para-hydroxylation sites is 3. The lowest BCUT2D eigenvalue weighted by atomic mass is 9.63. The fraction of sp³-hybridized carbons (Fsp3) is 0.0612. The molecular weight excluding hydrogens is 635 g/mol. The number of anilines is 3. The summed E-state index contributed by atoms with van der Waals surface area (Å²) < 4.78 is 2.62. The van der Waals surface area contributed by atoms with Gasteiger partial charge in [-0.3, -0.25) is 0 Å². The van der Waals surface area contributed by atoms with E-state index in [1.807, 2.05) is 11.3 Å². The van der Waals surface area contributed by atoms with Crippen LogP contribution in [-0.4, -0.2) is 0 Å². The lowest BCUT2D eigenvalue weighted by Gasteiger charge is -2.39. The first-order valence-corrected chi connectivity index (χ1v) is 18.6. The summed E-state index contributed by atoms with van der Waals surface area (Å²) in [5.74, 6) is 0.598. The molecule has 1 nitrogen and oxygen atoms in total. The molecule has 1 heterocycles. The minimum absolute atomic E-state index is 0.273. The van der Waals surface area contributed by atoms with Gasteiger partial charge in [0, 0.05) is 48.9 Å². The van der Waals surface area contributed by atoms with E-state index in [4.69, 9.17) is 0 Å². The van der Waals surface area contributed by atoms with Crippen molar-refractivity contribution < 1.29 is 0 Å². The molecule has 0 N–H and O–H groups in total. The van der Waals surface area contributed by atoms with Crippen LogP contribution < -0.4 is 4.90 Å². The van der Waals surface area contributed by atoms with E-state index in [2.05, 4.69) is 205 Å². The van der Waals surface area contributed by atoms with Gasteiger partial charge in [-0.25, -0.2) is 0 Å². The Labute approximate surface area is 303 Å². The Balaban J connectivity index is 1.24. The molecule has 0 amide bonds. The van der Waals surface area contributed by atoms with Crippen molar-refractivity contribution in [2.24, 2.45) is 5.92 Å². The molecule has 0 bridgehead atoms. The van der Waals surface area contributed by atoms with Gasteiger partial charge in [0.2, 0.25) is 0 Å². The first-order valence-electron chi connectivity index (χ1n) is 17.8. The van der Waals surface area contributed by atoms with Gasteiger partial charge in [-0.2, -0.15) is 0 Å². The van der Waals surface area contributed by atoms with Crippen LogP contribution in [0.2, 0.25) is 0 Å². The Bertz CT molecular complexity index is 2560. The highest BCUT2D eigenvalue weighted by molar-refractivity contribution is 7.25. The fourth-order valence-electron chi connectivity index (χ4n) is 8.98. The van der Waals surface area contributed by atoms with Crippen LogP contribution in [0.5, 0.6) is 0 Å². The Kier molecular flexibility index (Phi) is 7.11. The van der Waals surface area contributed by atoms with Crippen molar-refractivity contribution in [3.63, 3.8) is 0 Å². The average molecular weight is 670 g/mol. The number of rotatable bonds is 6. The van der Waals surface area contributed by atoms with Crippen molar-refractivity contribution in [2.45, 2.75) is 11.3 Å². The third-order valence-corrected chi connectivity index (χ3v) is 12.2. The highest BCUT2D eigenvalue weighted by Gasteiger charge is 2.52. The van der Waals surface area contributed by atoms with Crippen molar-refractivity contribution in [1.29, 1.82) is 0 Å². The van der Waals surface area contributed by atoms with Gasteiger partial charge in [0.25, 0.3) is 0 Å². The average Bonchev–Trinajstić information content (AvgIpc) is 3.73. The molecule has 2 aliphatic carbocycles. The summed E-state index contributed by atoms with van der Waals surface area (Å²) in [4.78, 5) is 2.39. The minimum atomic E-state index is -0.323. The first-order chi connectivity index (χ1) is 25.3. The number of thiophene rings is 1. The van der Waals surface area contributed by atoms with Gasteiger partial charge in [-0.15, -0.1) is 11.3 Å². The summed E-state index contributed by atoms with van der Waals surface area (Å²) in [6.07, 6.45) is 9.35. The number of allylic oxidation sites excluding steroid dienone is 4. The number of hydrogen-bond donors (Lipinski definition) is 0. The normalized spacial score (nSPS) is 18.9. The van der Waals surface area contributed by atoms with Crippen LogP contribution in [0.3, 0.4) is 0 Å². The molecule has 0 radical (unpaired) electrons. The predicted molar refractivity (Wildman–Crippen MR) is 217 cm³/mol. The Morgan fingerprint density at radius 3 is 1.92 bits per heavy atom. The molecule has 51 heavy (non-hydrogen) atoms. The zero-order chi connectivity index (χ0) is 33.8. The van der Waals surface area contributed by atoms with Crippen LogP contribution in [-0.2, 0) is 5.41 Å². The maximum atomic E-state index is 2.53. The Hall–Kier alpha value is -5.96. The SMILES string of the molecule is C1=CC2c3ccccc3C(c3ccccc3)(c3ccc4sc5cccc(-c6ccccc6N(c6ccccc6)c6ccccc6)c5c4c3)C2C=C1. The van der Waals surface area contributed by atoms with Crippen molar-refractivity contribution in [3.05, 3.63) is 222 Å². The highest BCUT2D eigenvalue weighted by Crippen LogP contribution is 2.60. The molecular formula is C49H35NS. The molecule has 2 heteroatoms. The summed E-state index contributed by atoms with van der Waals surface area (Å²) in [6, 6.07) is 64.8. The van der Waals surface area contributed by atoms with Gasteiger partial charge in [-0.1, -0.05) is 152 Å². The van der Waals surface area contributed by atoms with E-state index in [1.54, 1.807) is 0 Å². The second-order valence-corrected chi connectivity index (χ2v) is 14.7. The third kappa shape index (κ3) is 4.60. The zero-order valence-corrected chi connectivity index (χ0v) is 28.9. The van der Waals surface area contributed by atoms with E-state index in [0.717, 1.165) is 17.1 Å². The molecule has 242 valence electrons. The molecule has 0 saturated heterocycles. The monoisotopic (exact) mass is 669 g/mol. The molecule has 10 rings (SSSR count). The molecule has 0 aliphatic heterocycles. The van der Waals surface area contributed by atoms with Gasteiger partial charge in [0.05, 0.1) is 11.1 Å². The number of benzene rings is 7. The second kappa shape index (κ2) is 12.1. The molecule has 1 aromatic heterocycles. The van der Waals surface area contributed by atoms with E-state index in [0.29, 0.717) is 5.92 Å².